The third kappa shape index (κ3) is 5.16. The number of carbonyl (C=O) groups excluding carboxylic acids is 1. The van der Waals surface area contributed by atoms with Crippen molar-refractivity contribution < 1.29 is 4.79 Å². The second kappa shape index (κ2) is 8.18. The maximum absolute atomic E-state index is 12.2. The van der Waals surface area contributed by atoms with E-state index in [0.29, 0.717) is 12.6 Å². The smallest absolute Gasteiger partial charge is 0.238 e. The Bertz CT molecular complexity index is 433. The van der Waals surface area contributed by atoms with Gasteiger partial charge in [0.1, 0.15) is 0 Å². The molecule has 0 aromatic heterocycles. The van der Waals surface area contributed by atoms with E-state index in [2.05, 4.69) is 36.3 Å². The number of rotatable bonds is 5. The fourth-order valence-electron chi connectivity index (χ4n) is 3.08. The highest BCUT2D eigenvalue weighted by Gasteiger charge is 2.18. The van der Waals surface area contributed by atoms with Crippen molar-refractivity contribution in [1.29, 1.82) is 0 Å². The Morgan fingerprint density at radius 1 is 1.14 bits per heavy atom. The lowest BCUT2D eigenvalue weighted by Crippen LogP contribution is -2.37. The second-order valence-electron chi connectivity index (χ2n) is 6.16. The number of amides is 1. The van der Waals surface area contributed by atoms with Crippen LogP contribution in [0.15, 0.2) is 24.3 Å². The zero-order valence-corrected chi connectivity index (χ0v) is 13.4. The van der Waals surface area contributed by atoms with E-state index >= 15 is 0 Å². The average molecular weight is 288 g/mol. The maximum Gasteiger partial charge on any atom is 0.238 e. The molecule has 1 aromatic carbocycles. The van der Waals surface area contributed by atoms with E-state index in [4.69, 9.17) is 0 Å². The molecule has 0 saturated heterocycles. The third-order valence-electron chi connectivity index (χ3n) is 4.49. The summed E-state index contributed by atoms with van der Waals surface area (Å²) >= 11 is 0. The second-order valence-corrected chi connectivity index (χ2v) is 6.16. The van der Waals surface area contributed by atoms with E-state index in [9.17, 15) is 4.79 Å². The molecule has 0 heterocycles. The zero-order valence-electron chi connectivity index (χ0n) is 13.4. The van der Waals surface area contributed by atoms with E-state index in [-0.39, 0.29) is 5.91 Å². The predicted molar refractivity (Wildman–Crippen MR) is 88.6 cm³/mol. The van der Waals surface area contributed by atoms with Gasteiger partial charge in [-0.25, -0.2) is 0 Å². The Morgan fingerprint density at radius 3 is 2.33 bits per heavy atom. The predicted octanol–water partition coefficient (Wildman–Crippen LogP) is 3.84. The van der Waals surface area contributed by atoms with Crippen LogP contribution in [0.1, 0.15) is 51.0 Å². The number of likely N-dealkylation sites (N-methyl/N-ethyl adjacent to an activating group) is 1. The topological polar surface area (TPSA) is 32.3 Å². The number of hydrogen-bond donors (Lipinski definition) is 1. The van der Waals surface area contributed by atoms with Gasteiger partial charge < -0.3 is 5.32 Å². The molecular formula is C18H28N2O. The van der Waals surface area contributed by atoms with Crippen LogP contribution in [-0.4, -0.2) is 30.4 Å². The quantitative estimate of drug-likeness (QED) is 0.835. The summed E-state index contributed by atoms with van der Waals surface area (Å²) in [6.07, 6.45) is 8.79. The standard InChI is InChI=1S/C18H28N2O/c1-3-15-10-12-16(13-11-15)19-18(21)14-20(2)17-8-6-4-5-7-9-17/h10-13,17H,3-9,14H2,1-2H3,(H,19,21). The summed E-state index contributed by atoms with van der Waals surface area (Å²) in [7, 11) is 2.08. The summed E-state index contributed by atoms with van der Waals surface area (Å²) in [5.41, 5.74) is 2.19. The number of carbonyl (C=O) groups is 1. The SMILES string of the molecule is CCc1ccc(NC(=O)CN(C)C2CCCCCC2)cc1. The Morgan fingerprint density at radius 2 is 1.76 bits per heavy atom. The van der Waals surface area contributed by atoms with Crippen LogP contribution in [0, 0.1) is 0 Å². The number of aryl methyl sites for hydroxylation is 1. The molecule has 0 radical (unpaired) electrons. The van der Waals surface area contributed by atoms with Gasteiger partial charge in [0.2, 0.25) is 5.91 Å². The van der Waals surface area contributed by atoms with Gasteiger partial charge in [-0.2, -0.15) is 0 Å². The first-order valence-electron chi connectivity index (χ1n) is 8.28. The first kappa shape index (κ1) is 16.0. The zero-order chi connectivity index (χ0) is 15.1. The van der Waals surface area contributed by atoms with Gasteiger partial charge in [0, 0.05) is 11.7 Å². The minimum Gasteiger partial charge on any atom is -0.325 e. The summed E-state index contributed by atoms with van der Waals surface area (Å²) in [4.78, 5) is 14.4. The molecule has 116 valence electrons. The molecule has 1 amide bonds. The Hall–Kier alpha value is -1.35. The Kier molecular flexibility index (Phi) is 6.24. The van der Waals surface area contributed by atoms with Crippen molar-refractivity contribution in [2.45, 2.75) is 57.9 Å². The van der Waals surface area contributed by atoms with E-state index < -0.39 is 0 Å². The Labute approximate surface area is 128 Å². The van der Waals surface area contributed by atoms with Gasteiger partial charge in [0.15, 0.2) is 0 Å². The van der Waals surface area contributed by atoms with Gasteiger partial charge in [-0.1, -0.05) is 44.7 Å². The highest BCUT2D eigenvalue weighted by atomic mass is 16.2. The molecule has 1 aliphatic carbocycles. The first-order valence-corrected chi connectivity index (χ1v) is 8.28. The first-order chi connectivity index (χ1) is 10.2. The molecule has 3 nitrogen and oxygen atoms in total. The molecule has 0 spiro atoms. The molecule has 0 bridgehead atoms. The summed E-state index contributed by atoms with van der Waals surface area (Å²) in [6.45, 7) is 2.62. The van der Waals surface area contributed by atoms with Gasteiger partial charge in [0.25, 0.3) is 0 Å². The largest absolute Gasteiger partial charge is 0.325 e. The molecule has 0 atom stereocenters. The fraction of sp³-hybridized carbons (Fsp3) is 0.611. The molecule has 3 heteroatoms. The van der Waals surface area contributed by atoms with Crippen molar-refractivity contribution in [3.63, 3.8) is 0 Å². The van der Waals surface area contributed by atoms with Crippen LogP contribution < -0.4 is 5.32 Å². The van der Waals surface area contributed by atoms with Crippen molar-refractivity contribution in [2.24, 2.45) is 0 Å². The van der Waals surface area contributed by atoms with Crippen LogP contribution in [0.2, 0.25) is 0 Å². The molecule has 21 heavy (non-hydrogen) atoms. The molecular weight excluding hydrogens is 260 g/mol. The van der Waals surface area contributed by atoms with E-state index in [1.54, 1.807) is 0 Å². The van der Waals surface area contributed by atoms with E-state index in [1.165, 1.54) is 44.1 Å². The lowest BCUT2D eigenvalue weighted by molar-refractivity contribution is -0.117. The maximum atomic E-state index is 12.2. The molecule has 0 unspecified atom stereocenters. The highest BCUT2D eigenvalue weighted by molar-refractivity contribution is 5.92. The average Bonchev–Trinajstić information content (AvgIpc) is 2.77. The monoisotopic (exact) mass is 288 g/mol. The summed E-state index contributed by atoms with van der Waals surface area (Å²) in [5, 5.41) is 3.00. The summed E-state index contributed by atoms with van der Waals surface area (Å²) < 4.78 is 0. The van der Waals surface area contributed by atoms with E-state index in [0.717, 1.165) is 12.1 Å². The van der Waals surface area contributed by atoms with Crippen LogP contribution in [0.25, 0.3) is 0 Å². The highest BCUT2D eigenvalue weighted by Crippen LogP contribution is 2.21. The van der Waals surface area contributed by atoms with Crippen LogP contribution in [0.4, 0.5) is 5.69 Å². The lowest BCUT2D eigenvalue weighted by Gasteiger charge is -2.26. The van der Waals surface area contributed by atoms with Crippen LogP contribution in [-0.2, 0) is 11.2 Å². The lowest BCUT2D eigenvalue weighted by atomic mass is 10.1. The van der Waals surface area contributed by atoms with Crippen LogP contribution in [0.3, 0.4) is 0 Å². The van der Waals surface area contributed by atoms with Crippen LogP contribution >= 0.6 is 0 Å². The van der Waals surface area contributed by atoms with Gasteiger partial charge >= 0.3 is 0 Å². The minimum atomic E-state index is 0.0889. The van der Waals surface area contributed by atoms with Crippen molar-refractivity contribution in [3.05, 3.63) is 29.8 Å². The van der Waals surface area contributed by atoms with Crippen molar-refractivity contribution in [1.82, 2.24) is 4.90 Å². The van der Waals surface area contributed by atoms with Gasteiger partial charge in [-0.15, -0.1) is 0 Å². The normalized spacial score (nSPS) is 16.7. The van der Waals surface area contributed by atoms with Gasteiger partial charge in [-0.05, 0) is 44.0 Å². The molecule has 1 N–H and O–H groups in total. The summed E-state index contributed by atoms with van der Waals surface area (Å²) in [5.74, 6) is 0.0889. The summed E-state index contributed by atoms with van der Waals surface area (Å²) in [6, 6.07) is 8.70. The number of hydrogen-bond acceptors (Lipinski definition) is 2. The molecule has 1 fully saturated rings. The third-order valence-corrected chi connectivity index (χ3v) is 4.49. The van der Waals surface area contributed by atoms with Crippen molar-refractivity contribution in [3.8, 4) is 0 Å². The van der Waals surface area contributed by atoms with Crippen molar-refractivity contribution in [2.75, 3.05) is 18.9 Å². The number of benzene rings is 1. The Balaban J connectivity index is 1.82. The molecule has 2 rings (SSSR count). The van der Waals surface area contributed by atoms with Crippen molar-refractivity contribution >= 4 is 11.6 Å². The minimum absolute atomic E-state index is 0.0889. The molecule has 1 aliphatic rings. The van der Waals surface area contributed by atoms with Crippen LogP contribution in [0.5, 0.6) is 0 Å². The van der Waals surface area contributed by atoms with Gasteiger partial charge in [0.05, 0.1) is 6.54 Å². The molecule has 1 aromatic rings. The number of nitrogens with one attached hydrogen (secondary N) is 1. The fourth-order valence-corrected chi connectivity index (χ4v) is 3.08. The number of anilines is 1. The molecule has 0 aliphatic heterocycles. The number of nitrogens with zero attached hydrogens (tertiary/aromatic N) is 1. The molecule has 1 saturated carbocycles. The van der Waals surface area contributed by atoms with Gasteiger partial charge in [-0.3, -0.25) is 9.69 Å². The van der Waals surface area contributed by atoms with E-state index in [1.807, 2.05) is 12.1 Å².